The van der Waals surface area contributed by atoms with Crippen molar-refractivity contribution in [3.05, 3.63) is 49.3 Å². The van der Waals surface area contributed by atoms with Crippen molar-refractivity contribution < 1.29 is 14.3 Å². The molecular weight excluding hydrogens is 452 g/mol. The Labute approximate surface area is 174 Å². The number of hydrogen-bond acceptors (Lipinski definition) is 5. The zero-order valence-corrected chi connectivity index (χ0v) is 17.5. The second-order valence-corrected chi connectivity index (χ2v) is 8.56. The maximum absolute atomic E-state index is 12.2. The Balaban J connectivity index is 1.65. The number of nitriles is 1. The van der Waals surface area contributed by atoms with Gasteiger partial charge in [-0.3, -0.25) is 4.79 Å². The first kappa shape index (κ1) is 19.9. The number of ether oxygens (including phenoxy) is 1. The molecule has 8 heteroatoms. The fourth-order valence-electron chi connectivity index (χ4n) is 2.97. The van der Waals surface area contributed by atoms with Crippen LogP contribution in [0.1, 0.15) is 45.6 Å². The van der Waals surface area contributed by atoms with E-state index in [1.54, 1.807) is 12.1 Å². The standard InChI is InChI=1S/C19H16BrClN2O3S/c20-11-6-7-15(21)13(8-11)19(25)26-10-17(24)23-18-14(9-22)12-4-2-1-3-5-16(12)27-18/h6-8H,1-5,10H2,(H,23,24). The van der Waals surface area contributed by atoms with Crippen LogP contribution in [0.2, 0.25) is 5.02 Å². The molecule has 3 rings (SSSR count). The molecule has 0 aliphatic heterocycles. The fraction of sp³-hybridized carbons (Fsp3) is 0.316. The normalized spacial score (nSPS) is 13.2. The highest BCUT2D eigenvalue weighted by Crippen LogP contribution is 2.36. The number of nitrogens with zero attached hydrogens (tertiary/aromatic N) is 1. The molecule has 0 radical (unpaired) electrons. The minimum absolute atomic E-state index is 0.180. The van der Waals surface area contributed by atoms with Crippen LogP contribution in [0.15, 0.2) is 22.7 Å². The number of fused-ring (bicyclic) bond motifs is 1. The van der Waals surface area contributed by atoms with Gasteiger partial charge in [0, 0.05) is 9.35 Å². The quantitative estimate of drug-likeness (QED) is 0.501. The summed E-state index contributed by atoms with van der Waals surface area (Å²) in [5.41, 5.74) is 1.76. The van der Waals surface area contributed by atoms with Gasteiger partial charge in [-0.1, -0.05) is 34.0 Å². The smallest absolute Gasteiger partial charge is 0.340 e. The number of benzene rings is 1. The third kappa shape index (κ3) is 4.70. The van der Waals surface area contributed by atoms with E-state index in [1.807, 2.05) is 0 Å². The van der Waals surface area contributed by atoms with Gasteiger partial charge in [0.1, 0.15) is 11.1 Å². The van der Waals surface area contributed by atoms with Crippen LogP contribution in [0.3, 0.4) is 0 Å². The van der Waals surface area contributed by atoms with Crippen molar-refractivity contribution in [3.8, 4) is 6.07 Å². The van der Waals surface area contributed by atoms with Gasteiger partial charge in [-0.05, 0) is 49.4 Å². The monoisotopic (exact) mass is 466 g/mol. The van der Waals surface area contributed by atoms with E-state index in [0.29, 0.717) is 15.0 Å². The summed E-state index contributed by atoms with van der Waals surface area (Å²) in [5, 5.41) is 13.0. The van der Waals surface area contributed by atoms with Crippen LogP contribution < -0.4 is 5.32 Å². The summed E-state index contributed by atoms with van der Waals surface area (Å²) in [6, 6.07) is 7.02. The molecule has 27 heavy (non-hydrogen) atoms. The van der Waals surface area contributed by atoms with Gasteiger partial charge in [0.25, 0.3) is 5.91 Å². The molecule has 1 amide bonds. The number of amides is 1. The van der Waals surface area contributed by atoms with Crippen molar-refractivity contribution in [2.24, 2.45) is 0 Å². The maximum atomic E-state index is 12.2. The summed E-state index contributed by atoms with van der Waals surface area (Å²) < 4.78 is 5.74. The third-order valence-electron chi connectivity index (χ3n) is 4.27. The average Bonchev–Trinajstić information content (AvgIpc) is 2.81. The van der Waals surface area contributed by atoms with Gasteiger partial charge in [0.15, 0.2) is 6.61 Å². The van der Waals surface area contributed by atoms with Crippen LogP contribution in [0.4, 0.5) is 5.00 Å². The molecule has 1 aromatic heterocycles. The number of rotatable bonds is 4. The Morgan fingerprint density at radius 2 is 2.07 bits per heavy atom. The lowest BCUT2D eigenvalue weighted by atomic mass is 10.1. The molecular formula is C19H16BrClN2O3S. The van der Waals surface area contributed by atoms with Crippen LogP contribution in [0.25, 0.3) is 0 Å². The topological polar surface area (TPSA) is 79.2 Å². The third-order valence-corrected chi connectivity index (χ3v) is 6.30. The van der Waals surface area contributed by atoms with Crippen LogP contribution >= 0.6 is 38.9 Å². The fourth-order valence-corrected chi connectivity index (χ4v) is 4.79. The van der Waals surface area contributed by atoms with Crippen molar-refractivity contribution in [2.75, 3.05) is 11.9 Å². The predicted molar refractivity (Wildman–Crippen MR) is 108 cm³/mol. The Bertz CT molecular complexity index is 936. The zero-order valence-electron chi connectivity index (χ0n) is 14.3. The van der Waals surface area contributed by atoms with Gasteiger partial charge in [0.2, 0.25) is 0 Å². The van der Waals surface area contributed by atoms with Crippen molar-refractivity contribution in [1.29, 1.82) is 5.26 Å². The van der Waals surface area contributed by atoms with Crippen molar-refractivity contribution in [2.45, 2.75) is 32.1 Å². The highest BCUT2D eigenvalue weighted by Gasteiger charge is 2.21. The lowest BCUT2D eigenvalue weighted by Crippen LogP contribution is -2.21. The number of hydrogen-bond donors (Lipinski definition) is 1. The first-order valence-corrected chi connectivity index (χ1v) is 10.4. The van der Waals surface area contributed by atoms with E-state index in [0.717, 1.165) is 42.5 Å². The summed E-state index contributed by atoms with van der Waals surface area (Å²) in [6.45, 7) is -0.449. The summed E-state index contributed by atoms with van der Waals surface area (Å²) in [5.74, 6) is -1.17. The predicted octanol–water partition coefficient (Wildman–Crippen LogP) is 5.10. The molecule has 0 bridgehead atoms. The largest absolute Gasteiger partial charge is 0.452 e. The zero-order chi connectivity index (χ0) is 19.4. The summed E-state index contributed by atoms with van der Waals surface area (Å²) in [7, 11) is 0. The van der Waals surface area contributed by atoms with Gasteiger partial charge >= 0.3 is 5.97 Å². The molecule has 1 aliphatic carbocycles. The van der Waals surface area contributed by atoms with Gasteiger partial charge in [-0.2, -0.15) is 5.26 Å². The van der Waals surface area contributed by atoms with E-state index in [9.17, 15) is 14.9 Å². The SMILES string of the molecule is N#Cc1c(NC(=O)COC(=O)c2cc(Br)ccc2Cl)sc2c1CCCCC2. The number of anilines is 1. The van der Waals surface area contributed by atoms with E-state index in [2.05, 4.69) is 27.3 Å². The Morgan fingerprint density at radius 3 is 2.85 bits per heavy atom. The van der Waals surface area contributed by atoms with Crippen LogP contribution in [0.5, 0.6) is 0 Å². The van der Waals surface area contributed by atoms with E-state index in [4.69, 9.17) is 16.3 Å². The second-order valence-electron chi connectivity index (χ2n) is 6.13. The van der Waals surface area contributed by atoms with Gasteiger partial charge in [-0.25, -0.2) is 4.79 Å². The molecule has 5 nitrogen and oxygen atoms in total. The molecule has 1 aromatic carbocycles. The lowest BCUT2D eigenvalue weighted by molar-refractivity contribution is -0.119. The summed E-state index contributed by atoms with van der Waals surface area (Å²) in [6.07, 6.45) is 5.09. The van der Waals surface area contributed by atoms with Gasteiger partial charge in [0.05, 0.1) is 16.1 Å². The molecule has 0 saturated heterocycles. The first-order chi connectivity index (χ1) is 13.0. The molecule has 0 spiro atoms. The minimum Gasteiger partial charge on any atom is -0.452 e. The molecule has 0 saturated carbocycles. The first-order valence-electron chi connectivity index (χ1n) is 8.46. The molecule has 0 fully saturated rings. The number of thiophene rings is 1. The van der Waals surface area contributed by atoms with E-state index < -0.39 is 18.5 Å². The van der Waals surface area contributed by atoms with E-state index in [1.165, 1.54) is 17.4 Å². The minimum atomic E-state index is -0.682. The number of esters is 1. The Morgan fingerprint density at radius 1 is 1.30 bits per heavy atom. The van der Waals surface area contributed by atoms with Crippen molar-refractivity contribution in [1.82, 2.24) is 0 Å². The number of nitrogens with one attached hydrogen (secondary N) is 1. The molecule has 1 aliphatic rings. The number of carbonyl (C=O) groups is 2. The highest BCUT2D eigenvalue weighted by atomic mass is 79.9. The van der Waals surface area contributed by atoms with Crippen LogP contribution in [0, 0.1) is 11.3 Å². The van der Waals surface area contributed by atoms with Gasteiger partial charge in [-0.15, -0.1) is 11.3 Å². The summed E-state index contributed by atoms with van der Waals surface area (Å²) >= 11 is 10.7. The lowest BCUT2D eigenvalue weighted by Gasteiger charge is -2.07. The Hall–Kier alpha value is -1.88. The van der Waals surface area contributed by atoms with Crippen molar-refractivity contribution >= 4 is 55.7 Å². The van der Waals surface area contributed by atoms with Crippen LogP contribution in [-0.2, 0) is 22.4 Å². The summed E-state index contributed by atoms with van der Waals surface area (Å²) in [4.78, 5) is 25.5. The molecule has 140 valence electrons. The highest BCUT2D eigenvalue weighted by molar-refractivity contribution is 9.10. The molecule has 0 unspecified atom stereocenters. The molecule has 2 aromatic rings. The number of halogens is 2. The number of aryl methyl sites for hydroxylation is 1. The Kier molecular flexibility index (Phi) is 6.53. The van der Waals surface area contributed by atoms with Gasteiger partial charge < -0.3 is 10.1 Å². The van der Waals surface area contributed by atoms with E-state index in [-0.39, 0.29) is 10.6 Å². The van der Waals surface area contributed by atoms with Crippen molar-refractivity contribution in [3.63, 3.8) is 0 Å². The van der Waals surface area contributed by atoms with Crippen LogP contribution in [-0.4, -0.2) is 18.5 Å². The maximum Gasteiger partial charge on any atom is 0.340 e. The molecule has 1 N–H and O–H groups in total. The second kappa shape index (κ2) is 8.87. The average molecular weight is 468 g/mol. The molecule has 1 heterocycles. The molecule has 0 atom stereocenters. The van der Waals surface area contributed by atoms with E-state index >= 15 is 0 Å². The number of carbonyl (C=O) groups excluding carboxylic acids is 2.